The van der Waals surface area contributed by atoms with E-state index in [1.807, 2.05) is 12.1 Å². The lowest BCUT2D eigenvalue weighted by Gasteiger charge is -2.30. The molecule has 0 heterocycles. The summed E-state index contributed by atoms with van der Waals surface area (Å²) in [4.78, 5) is 0. The fourth-order valence-electron chi connectivity index (χ4n) is 2.32. The highest BCUT2D eigenvalue weighted by molar-refractivity contribution is 5.28. The fourth-order valence-corrected chi connectivity index (χ4v) is 2.32. The van der Waals surface area contributed by atoms with E-state index in [0.717, 1.165) is 23.4 Å². The molecule has 4 nitrogen and oxygen atoms in total. The lowest BCUT2D eigenvalue weighted by atomic mass is 9.82. The second-order valence-electron chi connectivity index (χ2n) is 5.57. The highest BCUT2D eigenvalue weighted by Gasteiger charge is 2.32. The van der Waals surface area contributed by atoms with Crippen molar-refractivity contribution < 1.29 is 28.5 Å². The van der Waals surface area contributed by atoms with Gasteiger partial charge < -0.3 is 19.7 Å². The summed E-state index contributed by atoms with van der Waals surface area (Å²) in [5, 5.41) is 19.4. The minimum atomic E-state index is -1.21. The largest absolute Gasteiger partial charge is 0.497 e. The van der Waals surface area contributed by atoms with Gasteiger partial charge in [-0.15, -0.1) is 0 Å². The van der Waals surface area contributed by atoms with Gasteiger partial charge in [0.25, 0.3) is 0 Å². The van der Waals surface area contributed by atoms with Gasteiger partial charge in [0.1, 0.15) is 5.75 Å². The van der Waals surface area contributed by atoms with Crippen molar-refractivity contribution in [3.8, 4) is 5.75 Å². The quantitative estimate of drug-likeness (QED) is 0.776. The van der Waals surface area contributed by atoms with Gasteiger partial charge >= 0.3 is 0 Å². The fraction of sp³-hybridized carbons (Fsp3) is 0.333. The average molecular weight is 338 g/mol. The highest BCUT2D eigenvalue weighted by atomic mass is 19.2. The van der Waals surface area contributed by atoms with E-state index in [9.17, 15) is 19.0 Å². The van der Waals surface area contributed by atoms with Crippen LogP contribution in [0.25, 0.3) is 0 Å². The molecule has 2 rings (SSSR count). The van der Waals surface area contributed by atoms with E-state index >= 15 is 0 Å². The summed E-state index contributed by atoms with van der Waals surface area (Å²) in [5.41, 5.74) is -0.0481. The van der Waals surface area contributed by atoms with E-state index in [-0.39, 0.29) is 18.8 Å². The standard InChI is InChI=1S/C18H20F2O4/c1-23-15-5-2-13(3-6-15)9-24-12-18(10-21,11-22)14-4-7-16(19)17(20)8-14/h2-8,21-22H,9-12H2,1H3. The normalized spacial score (nSPS) is 11.5. The van der Waals surface area contributed by atoms with Gasteiger partial charge in [-0.25, -0.2) is 8.78 Å². The maximum Gasteiger partial charge on any atom is 0.159 e. The number of hydrogen-bond acceptors (Lipinski definition) is 4. The minimum Gasteiger partial charge on any atom is -0.497 e. The maximum atomic E-state index is 13.4. The van der Waals surface area contributed by atoms with Crippen molar-refractivity contribution in [1.29, 1.82) is 0 Å². The first-order valence-electron chi connectivity index (χ1n) is 7.42. The molecule has 0 atom stereocenters. The van der Waals surface area contributed by atoms with Gasteiger partial charge in [0, 0.05) is 0 Å². The molecule has 24 heavy (non-hydrogen) atoms. The number of rotatable bonds is 8. The third kappa shape index (κ3) is 4.08. The molecule has 0 saturated heterocycles. The van der Waals surface area contributed by atoms with Crippen LogP contribution in [0.1, 0.15) is 11.1 Å². The van der Waals surface area contributed by atoms with Gasteiger partial charge in [0.2, 0.25) is 0 Å². The number of benzene rings is 2. The van der Waals surface area contributed by atoms with Crippen LogP contribution in [-0.2, 0) is 16.8 Å². The molecule has 0 aliphatic carbocycles. The van der Waals surface area contributed by atoms with Gasteiger partial charge in [0.05, 0.1) is 39.0 Å². The summed E-state index contributed by atoms with van der Waals surface area (Å²) >= 11 is 0. The van der Waals surface area contributed by atoms with Gasteiger partial charge in [-0.05, 0) is 35.4 Å². The average Bonchev–Trinajstić information content (AvgIpc) is 2.62. The first-order valence-corrected chi connectivity index (χ1v) is 7.42. The summed E-state index contributed by atoms with van der Waals surface area (Å²) in [7, 11) is 1.57. The Labute approximate surface area is 139 Å². The van der Waals surface area contributed by atoms with Crippen molar-refractivity contribution in [2.45, 2.75) is 12.0 Å². The Morgan fingerprint density at radius 2 is 1.62 bits per heavy atom. The molecule has 2 aromatic carbocycles. The van der Waals surface area contributed by atoms with Gasteiger partial charge in [-0.2, -0.15) is 0 Å². The summed E-state index contributed by atoms with van der Waals surface area (Å²) in [5.74, 6) is -1.29. The number of aliphatic hydroxyl groups excluding tert-OH is 2. The molecule has 0 aliphatic heterocycles. The molecular weight excluding hydrogens is 318 g/mol. The van der Waals surface area contributed by atoms with Crippen molar-refractivity contribution >= 4 is 0 Å². The Morgan fingerprint density at radius 3 is 2.17 bits per heavy atom. The molecule has 0 saturated carbocycles. The second kappa shape index (κ2) is 8.19. The van der Waals surface area contributed by atoms with E-state index < -0.39 is 30.3 Å². The topological polar surface area (TPSA) is 58.9 Å². The van der Waals surface area contributed by atoms with E-state index in [1.54, 1.807) is 19.2 Å². The van der Waals surface area contributed by atoms with Crippen LogP contribution in [0.4, 0.5) is 8.78 Å². The molecule has 0 aliphatic rings. The first kappa shape index (κ1) is 18.3. The molecule has 0 bridgehead atoms. The molecule has 6 heteroatoms. The van der Waals surface area contributed by atoms with Crippen LogP contribution in [-0.4, -0.2) is 37.1 Å². The van der Waals surface area contributed by atoms with Crippen LogP contribution in [0.15, 0.2) is 42.5 Å². The smallest absolute Gasteiger partial charge is 0.159 e. The zero-order valence-corrected chi connectivity index (χ0v) is 13.3. The number of hydrogen-bond donors (Lipinski definition) is 2. The second-order valence-corrected chi connectivity index (χ2v) is 5.57. The van der Waals surface area contributed by atoms with Crippen LogP contribution >= 0.6 is 0 Å². The SMILES string of the molecule is COc1ccc(COCC(CO)(CO)c2ccc(F)c(F)c2)cc1. The van der Waals surface area contributed by atoms with Crippen LogP contribution < -0.4 is 4.74 Å². The third-order valence-electron chi connectivity index (χ3n) is 3.94. The van der Waals surface area contributed by atoms with Crippen LogP contribution in [0.2, 0.25) is 0 Å². The lowest BCUT2D eigenvalue weighted by molar-refractivity contribution is 0.0129. The monoisotopic (exact) mass is 338 g/mol. The van der Waals surface area contributed by atoms with Crippen molar-refractivity contribution in [2.75, 3.05) is 26.9 Å². The van der Waals surface area contributed by atoms with Crippen molar-refractivity contribution in [3.63, 3.8) is 0 Å². The van der Waals surface area contributed by atoms with Crippen LogP contribution in [0.5, 0.6) is 5.75 Å². The van der Waals surface area contributed by atoms with E-state index in [1.165, 1.54) is 6.07 Å². The molecule has 0 spiro atoms. The Balaban J connectivity index is 2.08. The molecular formula is C18H20F2O4. The summed E-state index contributed by atoms with van der Waals surface area (Å²) < 4.78 is 37.2. The predicted molar refractivity (Wildman–Crippen MR) is 84.9 cm³/mol. The first-order chi connectivity index (χ1) is 11.5. The highest BCUT2D eigenvalue weighted by Crippen LogP contribution is 2.26. The van der Waals surface area contributed by atoms with Gasteiger partial charge in [0.15, 0.2) is 11.6 Å². The Kier molecular flexibility index (Phi) is 6.25. The Hall–Kier alpha value is -2.02. The molecule has 2 aromatic rings. The molecule has 130 valence electrons. The molecule has 2 N–H and O–H groups in total. The van der Waals surface area contributed by atoms with E-state index in [4.69, 9.17) is 9.47 Å². The zero-order valence-electron chi connectivity index (χ0n) is 13.3. The molecule has 0 amide bonds. The van der Waals surface area contributed by atoms with Crippen molar-refractivity contribution in [3.05, 3.63) is 65.2 Å². The molecule has 0 radical (unpaired) electrons. The number of aliphatic hydroxyl groups is 2. The maximum absolute atomic E-state index is 13.4. The summed E-state index contributed by atoms with van der Waals surface area (Å²) in [6.07, 6.45) is 0. The number of halogens is 2. The molecule has 0 aromatic heterocycles. The lowest BCUT2D eigenvalue weighted by Crippen LogP contribution is -2.40. The van der Waals surface area contributed by atoms with Crippen LogP contribution in [0.3, 0.4) is 0 Å². The van der Waals surface area contributed by atoms with E-state index in [0.29, 0.717) is 0 Å². The van der Waals surface area contributed by atoms with Crippen molar-refractivity contribution in [2.24, 2.45) is 0 Å². The van der Waals surface area contributed by atoms with Crippen LogP contribution in [0, 0.1) is 11.6 Å². The predicted octanol–water partition coefficient (Wildman–Crippen LogP) is 2.41. The van der Waals surface area contributed by atoms with E-state index in [2.05, 4.69) is 0 Å². The Bertz CT molecular complexity index is 655. The summed E-state index contributed by atoms with van der Waals surface area (Å²) in [6, 6.07) is 10.5. The minimum absolute atomic E-state index is 0.0445. The number of methoxy groups -OCH3 is 1. The third-order valence-corrected chi connectivity index (χ3v) is 3.94. The molecule has 0 fully saturated rings. The summed E-state index contributed by atoms with van der Waals surface area (Å²) in [6.45, 7) is -0.721. The van der Waals surface area contributed by atoms with Gasteiger partial charge in [-0.1, -0.05) is 18.2 Å². The Morgan fingerprint density at radius 1 is 0.958 bits per heavy atom. The van der Waals surface area contributed by atoms with Crippen molar-refractivity contribution in [1.82, 2.24) is 0 Å². The molecule has 0 unspecified atom stereocenters. The zero-order chi connectivity index (χ0) is 17.6. The van der Waals surface area contributed by atoms with Gasteiger partial charge in [-0.3, -0.25) is 0 Å². The number of ether oxygens (including phenoxy) is 2.